The smallest absolute Gasteiger partial charge is 0.163 e. The Morgan fingerprint density at radius 2 is 2.25 bits per heavy atom. The summed E-state index contributed by atoms with van der Waals surface area (Å²) >= 11 is 5.95. The van der Waals surface area contributed by atoms with Gasteiger partial charge >= 0.3 is 0 Å². The predicted octanol–water partition coefficient (Wildman–Crippen LogP) is 3.17. The van der Waals surface area contributed by atoms with Crippen LogP contribution in [-0.2, 0) is 20.1 Å². The van der Waals surface area contributed by atoms with E-state index in [1.807, 2.05) is 25.2 Å². The van der Waals surface area contributed by atoms with E-state index in [2.05, 4.69) is 4.98 Å². The van der Waals surface area contributed by atoms with Gasteiger partial charge in [0.1, 0.15) is 23.3 Å². The molecule has 1 heterocycles. The molecule has 0 bridgehead atoms. The number of aromatic nitrogens is 2. The van der Waals surface area contributed by atoms with E-state index in [0.717, 1.165) is 35.5 Å². The third-order valence-electron chi connectivity index (χ3n) is 3.65. The number of halogens is 1. The van der Waals surface area contributed by atoms with Crippen molar-refractivity contribution in [2.24, 2.45) is 7.05 Å². The number of hydrogen-bond donors (Lipinski definition) is 0. The minimum Gasteiger partial charge on any atom is -0.485 e. The molecule has 104 valence electrons. The molecule has 1 aromatic carbocycles. The maximum atomic E-state index is 11.9. The average molecular weight is 291 g/mol. The Morgan fingerprint density at radius 3 is 3.00 bits per heavy atom. The lowest BCUT2D eigenvalue weighted by Crippen LogP contribution is -2.13. The Bertz CT molecular complexity index is 664. The summed E-state index contributed by atoms with van der Waals surface area (Å²) in [6, 6.07) is 5.64. The van der Waals surface area contributed by atoms with Gasteiger partial charge in [0.25, 0.3) is 0 Å². The molecule has 20 heavy (non-hydrogen) atoms. The van der Waals surface area contributed by atoms with Gasteiger partial charge in [-0.05, 0) is 18.9 Å². The molecule has 0 radical (unpaired) electrons. The molecule has 0 saturated carbocycles. The summed E-state index contributed by atoms with van der Waals surface area (Å²) in [6.07, 6.45) is 4.01. The third-order valence-corrected chi connectivity index (χ3v) is 4.00. The molecule has 0 spiro atoms. The number of hydrogen-bond acceptors (Lipinski definition) is 3. The summed E-state index contributed by atoms with van der Waals surface area (Å²) in [5.41, 5.74) is 1.82. The Balaban J connectivity index is 1.83. The fraction of sp³-hybridized carbons (Fsp3) is 0.333. The van der Waals surface area contributed by atoms with Crippen molar-refractivity contribution in [2.45, 2.75) is 25.9 Å². The maximum Gasteiger partial charge on any atom is 0.163 e. The summed E-state index contributed by atoms with van der Waals surface area (Å²) in [5.74, 6) is 1.74. The van der Waals surface area contributed by atoms with E-state index >= 15 is 0 Å². The van der Waals surface area contributed by atoms with Crippen molar-refractivity contribution in [2.75, 3.05) is 0 Å². The highest BCUT2D eigenvalue weighted by atomic mass is 35.5. The summed E-state index contributed by atoms with van der Waals surface area (Å²) in [5, 5.41) is 0.578. The van der Waals surface area contributed by atoms with Crippen LogP contribution in [0.5, 0.6) is 5.75 Å². The molecule has 4 nitrogen and oxygen atoms in total. The summed E-state index contributed by atoms with van der Waals surface area (Å²) in [7, 11) is 1.85. The largest absolute Gasteiger partial charge is 0.485 e. The quantitative estimate of drug-likeness (QED) is 0.872. The molecule has 0 saturated heterocycles. The fourth-order valence-corrected chi connectivity index (χ4v) is 2.63. The number of ketones is 1. The maximum absolute atomic E-state index is 11.9. The predicted molar refractivity (Wildman–Crippen MR) is 76.3 cm³/mol. The minimum atomic E-state index is 0.205. The first-order valence-electron chi connectivity index (χ1n) is 6.61. The van der Waals surface area contributed by atoms with Crippen molar-refractivity contribution in [1.29, 1.82) is 0 Å². The molecule has 5 heteroatoms. The van der Waals surface area contributed by atoms with E-state index < -0.39 is 0 Å². The van der Waals surface area contributed by atoms with Gasteiger partial charge in [-0.15, -0.1) is 0 Å². The van der Waals surface area contributed by atoms with Crippen LogP contribution in [0.4, 0.5) is 0 Å². The molecule has 1 aliphatic rings. The fourth-order valence-electron chi connectivity index (χ4n) is 2.48. The second-order valence-corrected chi connectivity index (χ2v) is 5.29. The molecule has 0 unspecified atom stereocenters. The van der Waals surface area contributed by atoms with Crippen LogP contribution in [0.1, 0.15) is 34.6 Å². The summed E-state index contributed by atoms with van der Waals surface area (Å²) < 4.78 is 7.62. The lowest BCUT2D eigenvalue weighted by Gasteiger charge is -2.18. The van der Waals surface area contributed by atoms with Gasteiger partial charge in [-0.25, -0.2) is 4.98 Å². The Hall–Kier alpha value is -1.81. The number of fused-ring (bicyclic) bond motifs is 1. The number of benzene rings is 1. The lowest BCUT2D eigenvalue weighted by atomic mass is 9.90. The normalized spacial score (nSPS) is 14.2. The van der Waals surface area contributed by atoms with E-state index in [9.17, 15) is 4.79 Å². The Kier molecular flexibility index (Phi) is 3.49. The number of carbonyl (C=O) groups is 1. The van der Waals surface area contributed by atoms with Gasteiger partial charge in [0.05, 0.1) is 6.20 Å². The molecule has 0 atom stereocenters. The van der Waals surface area contributed by atoms with Crippen LogP contribution in [0.25, 0.3) is 0 Å². The highest BCUT2D eigenvalue weighted by molar-refractivity contribution is 6.29. The lowest BCUT2D eigenvalue weighted by molar-refractivity contribution is 0.0971. The van der Waals surface area contributed by atoms with E-state index in [1.165, 1.54) is 0 Å². The summed E-state index contributed by atoms with van der Waals surface area (Å²) in [6.45, 7) is 0.341. The van der Waals surface area contributed by atoms with Crippen molar-refractivity contribution < 1.29 is 9.53 Å². The van der Waals surface area contributed by atoms with Crippen molar-refractivity contribution >= 4 is 17.4 Å². The first-order valence-corrected chi connectivity index (χ1v) is 6.98. The van der Waals surface area contributed by atoms with Gasteiger partial charge in [0, 0.05) is 24.6 Å². The monoisotopic (exact) mass is 290 g/mol. The Morgan fingerprint density at radius 1 is 1.40 bits per heavy atom. The van der Waals surface area contributed by atoms with Crippen LogP contribution in [0, 0.1) is 0 Å². The third kappa shape index (κ3) is 2.31. The van der Waals surface area contributed by atoms with Crippen LogP contribution >= 0.6 is 11.6 Å². The second kappa shape index (κ2) is 5.29. The van der Waals surface area contributed by atoms with E-state index in [-0.39, 0.29) is 5.78 Å². The van der Waals surface area contributed by atoms with Gasteiger partial charge in [0.2, 0.25) is 0 Å². The molecule has 0 fully saturated rings. The van der Waals surface area contributed by atoms with E-state index in [4.69, 9.17) is 16.3 Å². The molecule has 1 aliphatic carbocycles. The van der Waals surface area contributed by atoms with E-state index in [1.54, 1.807) is 10.8 Å². The molecule has 3 rings (SSSR count). The van der Waals surface area contributed by atoms with Gasteiger partial charge in [-0.2, -0.15) is 0 Å². The van der Waals surface area contributed by atoms with Crippen LogP contribution in [0.3, 0.4) is 0 Å². The molecular formula is C15H15ClN2O2. The zero-order chi connectivity index (χ0) is 14.1. The molecule has 0 amide bonds. The topological polar surface area (TPSA) is 44.1 Å². The number of rotatable bonds is 3. The van der Waals surface area contributed by atoms with Gasteiger partial charge in [-0.1, -0.05) is 23.7 Å². The van der Waals surface area contributed by atoms with Crippen LogP contribution in [0.15, 0.2) is 24.4 Å². The highest BCUT2D eigenvalue weighted by Gasteiger charge is 2.20. The number of Topliss-reactive ketones (excluding diaryl/α,β-unsaturated/α-hetero) is 1. The number of imidazole rings is 1. The molecule has 0 N–H and O–H groups in total. The molecule has 0 aliphatic heterocycles. The van der Waals surface area contributed by atoms with Gasteiger partial charge < -0.3 is 9.30 Å². The Labute approximate surface area is 122 Å². The van der Waals surface area contributed by atoms with Crippen LogP contribution < -0.4 is 4.74 Å². The van der Waals surface area contributed by atoms with Crippen molar-refractivity contribution in [1.82, 2.24) is 9.55 Å². The number of ether oxygens (including phenoxy) is 1. The van der Waals surface area contributed by atoms with E-state index in [0.29, 0.717) is 18.2 Å². The molecular weight excluding hydrogens is 276 g/mol. The zero-order valence-electron chi connectivity index (χ0n) is 11.2. The zero-order valence-corrected chi connectivity index (χ0v) is 12.0. The van der Waals surface area contributed by atoms with Crippen molar-refractivity contribution in [3.8, 4) is 5.75 Å². The first kappa shape index (κ1) is 13.2. The minimum absolute atomic E-state index is 0.205. The molecule has 1 aromatic heterocycles. The SMILES string of the molecule is Cn1c(Cl)cnc1COc1cccc2c1CCCC2=O. The number of carbonyl (C=O) groups excluding carboxylic acids is 1. The first-order chi connectivity index (χ1) is 9.66. The van der Waals surface area contributed by atoms with Crippen molar-refractivity contribution in [3.05, 3.63) is 46.5 Å². The molecule has 2 aromatic rings. The van der Waals surface area contributed by atoms with Crippen molar-refractivity contribution in [3.63, 3.8) is 0 Å². The van der Waals surface area contributed by atoms with Gasteiger partial charge in [0.15, 0.2) is 5.78 Å². The summed E-state index contributed by atoms with van der Waals surface area (Å²) in [4.78, 5) is 16.1. The average Bonchev–Trinajstić information content (AvgIpc) is 2.77. The second-order valence-electron chi connectivity index (χ2n) is 4.90. The van der Waals surface area contributed by atoms with Gasteiger partial charge in [-0.3, -0.25) is 4.79 Å². The van der Waals surface area contributed by atoms with Crippen LogP contribution in [-0.4, -0.2) is 15.3 Å². The van der Waals surface area contributed by atoms with Crippen LogP contribution in [0.2, 0.25) is 5.15 Å². The number of nitrogens with zero attached hydrogens (tertiary/aromatic N) is 2. The highest BCUT2D eigenvalue weighted by Crippen LogP contribution is 2.30. The standard InChI is InChI=1S/C15H15ClN2O2/c1-18-14(16)8-17-15(18)9-20-13-7-3-4-10-11(13)5-2-6-12(10)19/h3-4,7-8H,2,5-6,9H2,1H3.